The number of halogens is 1. The maximum Gasteiger partial charge on any atom is 0.138 e. The van der Waals surface area contributed by atoms with E-state index in [1.807, 2.05) is 13.8 Å². The molecule has 0 saturated heterocycles. The highest BCUT2D eigenvalue weighted by atomic mass is 127. The molecule has 1 aromatic heterocycles. The van der Waals surface area contributed by atoms with Crippen LogP contribution in [0.25, 0.3) is 0 Å². The molecule has 17 heavy (non-hydrogen) atoms. The molecule has 3 nitrogen and oxygen atoms in total. The first-order valence-corrected chi connectivity index (χ1v) is 6.61. The van der Waals surface area contributed by atoms with E-state index in [1.54, 1.807) is 0 Å². The molecule has 0 fully saturated rings. The van der Waals surface area contributed by atoms with Crippen molar-refractivity contribution in [1.29, 1.82) is 0 Å². The molecule has 0 amide bonds. The number of rotatable bonds is 4. The van der Waals surface area contributed by atoms with Crippen molar-refractivity contribution >= 4 is 22.6 Å². The van der Waals surface area contributed by atoms with Gasteiger partial charge in [-0.1, -0.05) is 17.3 Å². The minimum atomic E-state index is 0.798. The Balaban J connectivity index is 1.92. The molecule has 2 rings (SSSR count). The normalized spacial score (nSPS) is 10.8. The smallest absolute Gasteiger partial charge is 0.138 e. The zero-order valence-electron chi connectivity index (χ0n) is 9.96. The highest BCUT2D eigenvalue weighted by molar-refractivity contribution is 14.1. The molecule has 0 spiro atoms. The van der Waals surface area contributed by atoms with Crippen LogP contribution < -0.4 is 5.32 Å². The largest absolute Gasteiger partial charge is 0.361 e. The Kier molecular flexibility index (Phi) is 4.17. The predicted molar refractivity (Wildman–Crippen MR) is 75.7 cm³/mol. The molecule has 1 N–H and O–H groups in total. The Morgan fingerprint density at radius 1 is 1.29 bits per heavy atom. The quantitative estimate of drug-likeness (QED) is 0.868. The van der Waals surface area contributed by atoms with Gasteiger partial charge in [0.15, 0.2) is 0 Å². The van der Waals surface area contributed by atoms with E-state index >= 15 is 0 Å². The van der Waals surface area contributed by atoms with E-state index in [1.165, 1.54) is 9.13 Å². The minimum Gasteiger partial charge on any atom is -0.361 e. The average Bonchev–Trinajstić information content (AvgIpc) is 2.61. The van der Waals surface area contributed by atoms with Gasteiger partial charge in [-0.25, -0.2) is 0 Å². The second-order valence-corrected chi connectivity index (χ2v) is 5.28. The van der Waals surface area contributed by atoms with Crippen molar-refractivity contribution in [2.45, 2.75) is 26.9 Å². The van der Waals surface area contributed by atoms with Gasteiger partial charge < -0.3 is 9.84 Å². The van der Waals surface area contributed by atoms with E-state index < -0.39 is 0 Å². The van der Waals surface area contributed by atoms with Gasteiger partial charge in [0.25, 0.3) is 0 Å². The molecular weight excluding hydrogens is 327 g/mol. The number of benzene rings is 1. The lowest BCUT2D eigenvalue weighted by Crippen LogP contribution is -2.13. The molecule has 1 heterocycles. The molecule has 90 valence electrons. The fraction of sp³-hybridized carbons (Fsp3) is 0.308. The summed E-state index contributed by atoms with van der Waals surface area (Å²) in [6, 6.07) is 8.48. The summed E-state index contributed by atoms with van der Waals surface area (Å²) in [6.07, 6.45) is 0. The van der Waals surface area contributed by atoms with E-state index in [0.717, 1.165) is 30.1 Å². The zero-order chi connectivity index (χ0) is 12.3. The molecule has 1 aromatic carbocycles. The SMILES string of the molecule is Cc1noc(C)c1CNCc1cccc(I)c1. The minimum absolute atomic E-state index is 0.798. The van der Waals surface area contributed by atoms with Gasteiger partial charge >= 0.3 is 0 Å². The van der Waals surface area contributed by atoms with Gasteiger partial charge in [0.05, 0.1) is 5.69 Å². The fourth-order valence-corrected chi connectivity index (χ4v) is 2.34. The van der Waals surface area contributed by atoms with Crippen LogP contribution >= 0.6 is 22.6 Å². The number of nitrogens with zero attached hydrogens (tertiary/aromatic N) is 1. The van der Waals surface area contributed by atoms with Gasteiger partial charge in [-0.2, -0.15) is 0 Å². The van der Waals surface area contributed by atoms with Crippen molar-refractivity contribution in [1.82, 2.24) is 10.5 Å². The summed E-state index contributed by atoms with van der Waals surface area (Å²) < 4.78 is 6.39. The lowest BCUT2D eigenvalue weighted by atomic mass is 10.2. The molecule has 0 unspecified atom stereocenters. The predicted octanol–water partition coefficient (Wildman–Crippen LogP) is 3.19. The second-order valence-electron chi connectivity index (χ2n) is 4.04. The summed E-state index contributed by atoms with van der Waals surface area (Å²) >= 11 is 2.33. The van der Waals surface area contributed by atoms with Crippen molar-refractivity contribution in [3.05, 3.63) is 50.4 Å². The number of aryl methyl sites for hydroxylation is 2. The molecule has 2 aromatic rings. The van der Waals surface area contributed by atoms with Gasteiger partial charge in [-0.15, -0.1) is 0 Å². The highest BCUT2D eigenvalue weighted by Crippen LogP contribution is 2.12. The van der Waals surface area contributed by atoms with Gasteiger partial charge in [0.2, 0.25) is 0 Å². The summed E-state index contributed by atoms with van der Waals surface area (Å²) in [5, 5.41) is 7.35. The third-order valence-electron chi connectivity index (χ3n) is 2.70. The molecule has 0 aliphatic rings. The lowest BCUT2D eigenvalue weighted by Gasteiger charge is -2.05. The highest BCUT2D eigenvalue weighted by Gasteiger charge is 2.07. The molecule has 0 bridgehead atoms. The van der Waals surface area contributed by atoms with E-state index in [4.69, 9.17) is 4.52 Å². The Hall–Kier alpha value is -0.880. The standard InChI is InChI=1S/C13H15IN2O/c1-9-13(10(2)17-16-9)8-15-7-11-4-3-5-12(14)6-11/h3-6,15H,7-8H2,1-2H3. The summed E-state index contributed by atoms with van der Waals surface area (Å²) in [5.74, 6) is 0.901. The second kappa shape index (κ2) is 5.64. The molecule has 0 aliphatic heterocycles. The fourth-order valence-electron chi connectivity index (χ4n) is 1.73. The Morgan fingerprint density at radius 2 is 2.12 bits per heavy atom. The Bertz CT molecular complexity index is 488. The number of hydrogen-bond donors (Lipinski definition) is 1. The van der Waals surface area contributed by atoms with E-state index in [2.05, 4.69) is 57.3 Å². The third-order valence-corrected chi connectivity index (χ3v) is 3.37. The van der Waals surface area contributed by atoms with Gasteiger partial charge in [-0.3, -0.25) is 0 Å². The summed E-state index contributed by atoms with van der Waals surface area (Å²) in [7, 11) is 0. The maximum atomic E-state index is 5.13. The summed E-state index contributed by atoms with van der Waals surface area (Å²) in [5.41, 5.74) is 3.43. The molecule has 0 radical (unpaired) electrons. The van der Waals surface area contributed by atoms with E-state index in [9.17, 15) is 0 Å². The van der Waals surface area contributed by atoms with Crippen LogP contribution in [0, 0.1) is 17.4 Å². The van der Waals surface area contributed by atoms with Crippen LogP contribution in [-0.2, 0) is 13.1 Å². The van der Waals surface area contributed by atoms with Crippen LogP contribution in [0.15, 0.2) is 28.8 Å². The topological polar surface area (TPSA) is 38.1 Å². The zero-order valence-corrected chi connectivity index (χ0v) is 12.1. The van der Waals surface area contributed by atoms with Gasteiger partial charge in [0, 0.05) is 22.2 Å². The number of aromatic nitrogens is 1. The molecule has 4 heteroatoms. The number of nitrogens with one attached hydrogen (secondary N) is 1. The van der Waals surface area contributed by atoms with Crippen molar-refractivity contribution in [2.75, 3.05) is 0 Å². The first-order chi connectivity index (χ1) is 8.16. The van der Waals surface area contributed by atoms with Crippen LogP contribution in [0.1, 0.15) is 22.6 Å². The van der Waals surface area contributed by atoms with Crippen LogP contribution in [0.5, 0.6) is 0 Å². The Morgan fingerprint density at radius 3 is 2.76 bits per heavy atom. The lowest BCUT2D eigenvalue weighted by molar-refractivity contribution is 0.392. The van der Waals surface area contributed by atoms with Crippen LogP contribution in [0.4, 0.5) is 0 Å². The van der Waals surface area contributed by atoms with E-state index in [-0.39, 0.29) is 0 Å². The van der Waals surface area contributed by atoms with Crippen molar-refractivity contribution in [2.24, 2.45) is 0 Å². The van der Waals surface area contributed by atoms with Crippen molar-refractivity contribution in [3.63, 3.8) is 0 Å². The summed E-state index contributed by atoms with van der Waals surface area (Å²) in [6.45, 7) is 5.58. The van der Waals surface area contributed by atoms with Crippen molar-refractivity contribution in [3.8, 4) is 0 Å². The molecule has 0 aliphatic carbocycles. The van der Waals surface area contributed by atoms with Crippen LogP contribution in [0.3, 0.4) is 0 Å². The third kappa shape index (κ3) is 3.29. The first kappa shape index (κ1) is 12.6. The number of hydrogen-bond acceptors (Lipinski definition) is 3. The molecular formula is C13H15IN2O. The average molecular weight is 342 g/mol. The Labute approximate surface area is 115 Å². The van der Waals surface area contributed by atoms with Crippen LogP contribution in [0.2, 0.25) is 0 Å². The van der Waals surface area contributed by atoms with Gasteiger partial charge in [0.1, 0.15) is 5.76 Å². The van der Waals surface area contributed by atoms with Crippen molar-refractivity contribution < 1.29 is 4.52 Å². The maximum absolute atomic E-state index is 5.13. The summed E-state index contributed by atoms with van der Waals surface area (Å²) in [4.78, 5) is 0. The molecule has 0 saturated carbocycles. The first-order valence-electron chi connectivity index (χ1n) is 5.53. The van der Waals surface area contributed by atoms with Gasteiger partial charge in [-0.05, 0) is 54.1 Å². The molecule has 0 atom stereocenters. The monoisotopic (exact) mass is 342 g/mol. The van der Waals surface area contributed by atoms with E-state index in [0.29, 0.717) is 0 Å². The van der Waals surface area contributed by atoms with Crippen LogP contribution in [-0.4, -0.2) is 5.16 Å².